The molecule has 5 aliphatic rings. The molecule has 0 saturated carbocycles. The van der Waals surface area contributed by atoms with Gasteiger partial charge in [-0.25, -0.2) is 0 Å². The molecule has 37 heteroatoms. The summed E-state index contributed by atoms with van der Waals surface area (Å²) in [5, 5.41) is 0. The van der Waals surface area contributed by atoms with Crippen molar-refractivity contribution in [1.82, 2.24) is 0 Å². The molecule has 5 fully saturated rings. The molecule has 0 aromatic rings. The van der Waals surface area contributed by atoms with Crippen LogP contribution in [0.3, 0.4) is 0 Å². The van der Waals surface area contributed by atoms with Crippen LogP contribution in [0.1, 0.15) is 270 Å². The average Bonchev–Trinajstić information content (AvgIpc) is 4.06. The van der Waals surface area contributed by atoms with E-state index in [1.54, 1.807) is 166 Å². The van der Waals surface area contributed by atoms with Gasteiger partial charge in [-0.05, 0) is 105 Å². The number of nitrogens with zero attached hydrogens (tertiary/aromatic N) is 8. The molecular formula is C58H127ClLi10N8O14S4. The molecule has 0 spiro atoms. The Bertz CT molecular complexity index is 1630. The predicted molar refractivity (Wildman–Crippen MR) is 353 cm³/mol. The summed E-state index contributed by atoms with van der Waals surface area (Å²) in [5.74, 6) is 0. The van der Waals surface area contributed by atoms with Crippen LogP contribution in [-0.2, 0) is 64.5 Å². The SMILES string of the molecule is C1CCOC1.C1CCOC1.C1CCOC1.C1CCOC1.C1CCOC1.CC(C)(C)[N-]S(=O)(=O)[N-]C(C)(C)C.CC(C)(C)[N-]S(=O)(=O)[N-]C(C)(C)C.CC(C)(C)[N-]S(=O)(=O)[N-]C(C)(C)C.CC(C)(C)[N-]S(=O)(=O)[N-]C(C)(C)C.CCCCCC.[Cl-].[Li+].[Li+].[Li+].[Li+].[Li+].[Li+].[Li+].[Li+].[Li+].[Li+].[OH-]. The summed E-state index contributed by atoms with van der Waals surface area (Å²) in [6.07, 6.45) is 18.3. The Kier molecular flexibility index (Phi) is 111. The Balaban J connectivity index is -0.0000000478. The molecule has 22 nitrogen and oxygen atoms in total. The summed E-state index contributed by atoms with van der Waals surface area (Å²) in [7, 11) is -14.6. The quantitative estimate of drug-likeness (QED) is 0.137. The first kappa shape index (κ1) is 143. The van der Waals surface area contributed by atoms with Crippen LogP contribution in [0.2, 0.25) is 0 Å². The van der Waals surface area contributed by atoms with Crippen LogP contribution in [0, 0.1) is 0 Å². The molecule has 95 heavy (non-hydrogen) atoms. The van der Waals surface area contributed by atoms with Gasteiger partial charge in [0.05, 0.1) is 0 Å². The van der Waals surface area contributed by atoms with E-state index in [0.717, 1.165) is 66.1 Å². The molecule has 5 aliphatic heterocycles. The second-order valence-electron chi connectivity index (χ2n) is 28.2. The number of hydrogen-bond acceptors (Lipinski definition) is 14. The first-order valence-electron chi connectivity index (χ1n) is 29.9. The molecule has 524 valence electrons. The Labute approximate surface area is 714 Å². The molecule has 0 radical (unpaired) electrons. The van der Waals surface area contributed by atoms with Crippen molar-refractivity contribution in [2.45, 2.75) is 314 Å². The summed E-state index contributed by atoms with van der Waals surface area (Å²) in [5.41, 5.74) is -4.83. The van der Waals surface area contributed by atoms with Crippen molar-refractivity contribution in [3.05, 3.63) is 37.8 Å². The summed E-state index contributed by atoms with van der Waals surface area (Å²) in [6.45, 7) is 55.9. The van der Waals surface area contributed by atoms with Gasteiger partial charge in [0.1, 0.15) is 0 Å². The van der Waals surface area contributed by atoms with Gasteiger partial charge in [0.2, 0.25) is 0 Å². The Morgan fingerprint density at radius 3 is 0.358 bits per heavy atom. The molecule has 5 saturated heterocycles. The van der Waals surface area contributed by atoms with Crippen molar-refractivity contribution in [1.29, 1.82) is 0 Å². The van der Waals surface area contributed by atoms with Gasteiger partial charge in [-0.1, -0.05) is 206 Å². The van der Waals surface area contributed by atoms with Crippen LogP contribution in [0.4, 0.5) is 0 Å². The van der Waals surface area contributed by atoms with Crippen molar-refractivity contribution in [2.75, 3.05) is 66.1 Å². The molecule has 5 rings (SSSR count). The minimum atomic E-state index is -3.65. The smallest absolute Gasteiger partial charge is 1.00 e. The Hall–Kier alpha value is 5.50. The molecule has 0 aromatic heterocycles. The van der Waals surface area contributed by atoms with E-state index < -0.39 is 85.1 Å². The zero-order valence-corrected chi connectivity index (χ0v) is 72.3. The first-order chi connectivity index (χ1) is 37.1. The van der Waals surface area contributed by atoms with E-state index >= 15 is 0 Å². The fourth-order valence-electron chi connectivity index (χ4n) is 5.90. The normalized spacial score (nSPS) is 14.9. The number of unbranched alkanes of at least 4 members (excludes halogenated alkanes) is 3. The molecule has 0 amide bonds. The summed E-state index contributed by atoms with van der Waals surface area (Å²) >= 11 is 0. The van der Waals surface area contributed by atoms with Crippen LogP contribution in [-0.4, -0.2) is 150 Å². The standard InChI is InChI=1S/4C8H18N2O2S.C6H14.5C4H8O.ClH.10Li.H2O/c4*1-7(2,3)9-13(11,12)10-8(4,5)6;1-3-5-6-4-2;5*1-2-4-5-3-1;;;;;;;;;;;;/h4*1-6H3;3-6H2,1-2H3;5*1-4H2;1H;;;;;;;;;;;1H2/q4*-2;;;;;;;;10*+1;/p-2. The van der Waals surface area contributed by atoms with Gasteiger partial charge in [-0.3, -0.25) is 33.7 Å². The van der Waals surface area contributed by atoms with E-state index in [1.807, 2.05) is 0 Å². The third-order valence-corrected chi connectivity index (χ3v) is 14.4. The Morgan fingerprint density at radius 1 is 0.232 bits per heavy atom. The Morgan fingerprint density at radius 2 is 0.316 bits per heavy atom. The van der Waals surface area contributed by atoms with Gasteiger partial charge >= 0.3 is 189 Å². The van der Waals surface area contributed by atoms with E-state index in [4.69, 9.17) is 23.7 Å². The van der Waals surface area contributed by atoms with E-state index in [0.29, 0.717) is 0 Å². The van der Waals surface area contributed by atoms with Crippen LogP contribution >= 0.6 is 0 Å². The fourth-order valence-corrected chi connectivity index (χ4v) is 11.6. The number of hydrogen-bond donors (Lipinski definition) is 0. The van der Waals surface area contributed by atoms with Crippen molar-refractivity contribution in [3.63, 3.8) is 0 Å². The first-order valence-corrected chi connectivity index (χ1v) is 35.5. The zero-order chi connectivity index (χ0) is 66.2. The van der Waals surface area contributed by atoms with E-state index in [1.165, 1.54) is 89.9 Å². The third kappa shape index (κ3) is 142. The van der Waals surface area contributed by atoms with Gasteiger partial charge in [0.15, 0.2) is 0 Å². The summed E-state index contributed by atoms with van der Waals surface area (Å²) in [6, 6.07) is 0. The van der Waals surface area contributed by atoms with Gasteiger partial charge in [0, 0.05) is 66.1 Å². The number of rotatable bonds is 11. The molecule has 0 atom stereocenters. The monoisotopic (exact) mass is 1390 g/mol. The maximum Gasteiger partial charge on any atom is 1.00 e. The van der Waals surface area contributed by atoms with Crippen LogP contribution in [0.5, 0.6) is 0 Å². The minimum absolute atomic E-state index is 0. The molecule has 0 aliphatic carbocycles. The molecule has 0 aromatic carbocycles. The van der Waals surface area contributed by atoms with Gasteiger partial charge in [0.25, 0.3) is 0 Å². The minimum Gasteiger partial charge on any atom is -1.00 e. The number of ether oxygens (including phenoxy) is 5. The third-order valence-electron chi connectivity index (χ3n) is 8.21. The van der Waals surface area contributed by atoms with Crippen molar-refractivity contribution in [2.24, 2.45) is 0 Å². The average molecular weight is 1390 g/mol. The second-order valence-corrected chi connectivity index (χ2v) is 33.2. The molecule has 0 bridgehead atoms. The molecule has 5 heterocycles. The largest absolute Gasteiger partial charge is 1.00 e. The van der Waals surface area contributed by atoms with E-state index in [-0.39, 0.29) is 206 Å². The van der Waals surface area contributed by atoms with Gasteiger partial charge in [-0.2, -0.15) is 0 Å². The maximum absolute atomic E-state index is 11.3. The fraction of sp³-hybridized carbons (Fsp3) is 1.00. The van der Waals surface area contributed by atoms with Crippen molar-refractivity contribution >= 4 is 40.8 Å². The van der Waals surface area contributed by atoms with E-state index in [9.17, 15) is 33.7 Å². The summed E-state index contributed by atoms with van der Waals surface area (Å²) < 4.78 is 144. The van der Waals surface area contributed by atoms with E-state index in [2.05, 4.69) is 51.6 Å². The predicted octanol–water partition coefficient (Wildman–Crippen LogP) is -16.3. The van der Waals surface area contributed by atoms with Gasteiger partial charge in [-0.15, -0.1) is 44.3 Å². The van der Waals surface area contributed by atoms with Crippen LogP contribution in [0.15, 0.2) is 0 Å². The topological polar surface area (TPSA) is 326 Å². The summed E-state index contributed by atoms with van der Waals surface area (Å²) in [4.78, 5) is 0. The van der Waals surface area contributed by atoms with Crippen molar-refractivity contribution in [3.8, 4) is 0 Å². The van der Waals surface area contributed by atoms with Gasteiger partial charge < -0.3 is 79.3 Å². The number of halogens is 1. The molecular weight excluding hydrogens is 1270 g/mol. The zero-order valence-electron chi connectivity index (χ0n) is 68.3. The second kappa shape index (κ2) is 73.6. The van der Waals surface area contributed by atoms with Crippen molar-refractivity contribution < 1.29 is 264 Å². The maximum atomic E-state index is 11.3. The van der Waals surface area contributed by atoms with Crippen LogP contribution < -0.4 is 201 Å². The molecule has 1 N–H and O–H groups in total. The molecule has 0 unspecified atom stereocenters. The van der Waals surface area contributed by atoms with Crippen LogP contribution in [0.25, 0.3) is 37.8 Å².